The van der Waals surface area contributed by atoms with Crippen molar-refractivity contribution in [2.75, 3.05) is 6.61 Å². The van der Waals surface area contributed by atoms with Crippen LogP contribution in [0.25, 0.3) is 0 Å². The van der Waals surface area contributed by atoms with Crippen molar-refractivity contribution in [3.8, 4) is 5.75 Å². The molecular weight excluding hydrogens is 186 g/mol. The molecule has 0 spiro atoms. The Morgan fingerprint density at radius 1 is 1.27 bits per heavy atom. The molecule has 0 heterocycles. The minimum absolute atomic E-state index is 0.154. The van der Waals surface area contributed by atoms with Gasteiger partial charge in [-0.2, -0.15) is 0 Å². The zero-order valence-corrected chi connectivity index (χ0v) is 10.1. The third-order valence-electron chi connectivity index (χ3n) is 2.33. The molecule has 0 bridgehead atoms. The van der Waals surface area contributed by atoms with Crippen LogP contribution in [0, 0.1) is 13.8 Å². The molecule has 2 heteroatoms. The van der Waals surface area contributed by atoms with Gasteiger partial charge in [-0.05, 0) is 45.7 Å². The van der Waals surface area contributed by atoms with E-state index in [0.717, 1.165) is 12.2 Å². The van der Waals surface area contributed by atoms with E-state index < -0.39 is 0 Å². The summed E-state index contributed by atoms with van der Waals surface area (Å²) >= 11 is 0. The van der Waals surface area contributed by atoms with Crippen molar-refractivity contribution in [2.24, 2.45) is 5.73 Å². The molecule has 2 nitrogen and oxygen atoms in total. The first-order chi connectivity index (χ1) is 6.88. The van der Waals surface area contributed by atoms with Crippen molar-refractivity contribution in [1.82, 2.24) is 0 Å². The zero-order chi connectivity index (χ0) is 11.5. The standard InChI is InChI=1S/C13H21NO/c1-10-5-6-12(11(2)9-10)15-8-7-13(3,4)14/h5-6,9H,7-8,14H2,1-4H3. The fraction of sp³-hybridized carbons (Fsp3) is 0.538. The highest BCUT2D eigenvalue weighted by Gasteiger charge is 2.10. The Morgan fingerprint density at radius 2 is 1.93 bits per heavy atom. The molecule has 0 unspecified atom stereocenters. The van der Waals surface area contributed by atoms with Gasteiger partial charge in [-0.1, -0.05) is 17.7 Å². The highest BCUT2D eigenvalue weighted by molar-refractivity contribution is 5.35. The summed E-state index contributed by atoms with van der Waals surface area (Å²) in [5.41, 5.74) is 8.18. The third-order valence-corrected chi connectivity index (χ3v) is 2.33. The van der Waals surface area contributed by atoms with E-state index in [9.17, 15) is 0 Å². The van der Waals surface area contributed by atoms with Gasteiger partial charge in [0.1, 0.15) is 5.75 Å². The predicted octanol–water partition coefficient (Wildman–Crippen LogP) is 2.81. The molecule has 1 rings (SSSR count). The smallest absolute Gasteiger partial charge is 0.122 e. The van der Waals surface area contributed by atoms with Crippen LogP contribution in [0.15, 0.2) is 18.2 Å². The first-order valence-corrected chi connectivity index (χ1v) is 5.37. The normalized spacial score (nSPS) is 11.5. The fourth-order valence-corrected chi connectivity index (χ4v) is 1.39. The van der Waals surface area contributed by atoms with E-state index in [1.807, 2.05) is 19.9 Å². The molecule has 0 amide bonds. The van der Waals surface area contributed by atoms with E-state index in [-0.39, 0.29) is 5.54 Å². The molecule has 15 heavy (non-hydrogen) atoms. The van der Waals surface area contributed by atoms with Crippen LogP contribution in [0.2, 0.25) is 0 Å². The summed E-state index contributed by atoms with van der Waals surface area (Å²) in [6, 6.07) is 6.22. The molecule has 1 aromatic rings. The molecule has 0 radical (unpaired) electrons. The number of rotatable bonds is 4. The Labute approximate surface area is 92.4 Å². The largest absolute Gasteiger partial charge is 0.493 e. The second kappa shape index (κ2) is 4.67. The topological polar surface area (TPSA) is 35.2 Å². The molecule has 84 valence electrons. The average molecular weight is 207 g/mol. The number of ether oxygens (including phenoxy) is 1. The van der Waals surface area contributed by atoms with Crippen molar-refractivity contribution >= 4 is 0 Å². The van der Waals surface area contributed by atoms with Gasteiger partial charge >= 0.3 is 0 Å². The maximum Gasteiger partial charge on any atom is 0.122 e. The van der Waals surface area contributed by atoms with Gasteiger partial charge < -0.3 is 10.5 Å². The van der Waals surface area contributed by atoms with Gasteiger partial charge in [-0.15, -0.1) is 0 Å². The molecule has 1 aromatic carbocycles. The molecule has 0 saturated carbocycles. The quantitative estimate of drug-likeness (QED) is 0.824. The van der Waals surface area contributed by atoms with Crippen LogP contribution in [0.5, 0.6) is 5.75 Å². The van der Waals surface area contributed by atoms with Gasteiger partial charge in [0.25, 0.3) is 0 Å². The third kappa shape index (κ3) is 4.34. The molecule has 0 aliphatic heterocycles. The number of nitrogens with two attached hydrogens (primary N) is 1. The lowest BCUT2D eigenvalue weighted by atomic mass is 10.0. The maximum absolute atomic E-state index is 5.88. The van der Waals surface area contributed by atoms with Crippen LogP contribution in [-0.4, -0.2) is 12.1 Å². The van der Waals surface area contributed by atoms with Crippen LogP contribution < -0.4 is 10.5 Å². The lowest BCUT2D eigenvalue weighted by Crippen LogP contribution is -2.33. The van der Waals surface area contributed by atoms with Crippen LogP contribution in [0.3, 0.4) is 0 Å². The maximum atomic E-state index is 5.88. The molecule has 0 aliphatic rings. The van der Waals surface area contributed by atoms with E-state index in [1.165, 1.54) is 11.1 Å². The van der Waals surface area contributed by atoms with Gasteiger partial charge in [-0.25, -0.2) is 0 Å². The summed E-state index contributed by atoms with van der Waals surface area (Å²) in [6.07, 6.45) is 0.861. The van der Waals surface area contributed by atoms with E-state index >= 15 is 0 Å². The van der Waals surface area contributed by atoms with Gasteiger partial charge in [0.15, 0.2) is 0 Å². The number of hydrogen-bond donors (Lipinski definition) is 1. The molecule has 0 atom stereocenters. The highest BCUT2D eigenvalue weighted by atomic mass is 16.5. The molecule has 0 aliphatic carbocycles. The zero-order valence-electron chi connectivity index (χ0n) is 10.1. The molecular formula is C13H21NO. The SMILES string of the molecule is Cc1ccc(OCCC(C)(C)N)c(C)c1. The molecule has 2 N–H and O–H groups in total. The second-order valence-electron chi connectivity index (χ2n) is 4.86. The number of hydrogen-bond acceptors (Lipinski definition) is 2. The predicted molar refractivity (Wildman–Crippen MR) is 64.3 cm³/mol. The summed E-state index contributed by atoms with van der Waals surface area (Å²) < 4.78 is 5.69. The summed E-state index contributed by atoms with van der Waals surface area (Å²) in [5, 5.41) is 0. The van der Waals surface area contributed by atoms with E-state index in [2.05, 4.69) is 26.0 Å². The van der Waals surface area contributed by atoms with Crippen molar-refractivity contribution in [2.45, 2.75) is 39.7 Å². The molecule has 0 aromatic heterocycles. The highest BCUT2D eigenvalue weighted by Crippen LogP contribution is 2.19. The second-order valence-corrected chi connectivity index (χ2v) is 4.86. The van der Waals surface area contributed by atoms with Gasteiger partial charge in [0.05, 0.1) is 6.61 Å². The Morgan fingerprint density at radius 3 is 2.47 bits per heavy atom. The first-order valence-electron chi connectivity index (χ1n) is 5.37. The minimum Gasteiger partial charge on any atom is -0.493 e. The summed E-state index contributed by atoms with van der Waals surface area (Å²) in [6.45, 7) is 8.85. The number of aryl methyl sites for hydroxylation is 2. The van der Waals surface area contributed by atoms with Crippen LogP contribution in [0.1, 0.15) is 31.4 Å². The lowest BCUT2D eigenvalue weighted by Gasteiger charge is -2.19. The molecule has 0 fully saturated rings. The van der Waals surface area contributed by atoms with Crippen molar-refractivity contribution in [3.05, 3.63) is 29.3 Å². The monoisotopic (exact) mass is 207 g/mol. The molecule has 0 saturated heterocycles. The fourth-order valence-electron chi connectivity index (χ4n) is 1.39. The summed E-state index contributed by atoms with van der Waals surface area (Å²) in [5.74, 6) is 0.963. The Hall–Kier alpha value is -1.02. The van der Waals surface area contributed by atoms with Crippen molar-refractivity contribution < 1.29 is 4.74 Å². The van der Waals surface area contributed by atoms with Crippen LogP contribution in [-0.2, 0) is 0 Å². The Balaban J connectivity index is 2.51. The summed E-state index contributed by atoms with van der Waals surface area (Å²) in [4.78, 5) is 0. The minimum atomic E-state index is -0.154. The van der Waals surface area contributed by atoms with Crippen LogP contribution >= 0.6 is 0 Å². The Kier molecular flexibility index (Phi) is 3.75. The lowest BCUT2D eigenvalue weighted by molar-refractivity contribution is 0.272. The average Bonchev–Trinajstić information content (AvgIpc) is 2.07. The van der Waals surface area contributed by atoms with Crippen molar-refractivity contribution in [3.63, 3.8) is 0 Å². The summed E-state index contributed by atoms with van der Waals surface area (Å²) in [7, 11) is 0. The van der Waals surface area contributed by atoms with Crippen LogP contribution in [0.4, 0.5) is 0 Å². The van der Waals surface area contributed by atoms with Gasteiger partial charge in [0, 0.05) is 5.54 Å². The Bertz CT molecular complexity index is 326. The van der Waals surface area contributed by atoms with Gasteiger partial charge in [-0.3, -0.25) is 0 Å². The number of benzene rings is 1. The first kappa shape index (κ1) is 12.1. The van der Waals surface area contributed by atoms with Crippen molar-refractivity contribution in [1.29, 1.82) is 0 Å². The van der Waals surface area contributed by atoms with Gasteiger partial charge in [0.2, 0.25) is 0 Å². The van der Waals surface area contributed by atoms with E-state index in [1.54, 1.807) is 0 Å². The van der Waals surface area contributed by atoms with E-state index in [4.69, 9.17) is 10.5 Å². The van der Waals surface area contributed by atoms with E-state index in [0.29, 0.717) is 6.61 Å².